The van der Waals surface area contributed by atoms with Gasteiger partial charge in [0.1, 0.15) is 0 Å². The molecule has 0 bridgehead atoms. The van der Waals surface area contributed by atoms with E-state index in [0.29, 0.717) is 25.0 Å². The van der Waals surface area contributed by atoms with Crippen molar-refractivity contribution in [2.24, 2.45) is 11.8 Å². The second kappa shape index (κ2) is 7.96. The van der Waals surface area contributed by atoms with Crippen LogP contribution in [-0.4, -0.2) is 56.5 Å². The highest BCUT2D eigenvalue weighted by Crippen LogP contribution is 2.22. The normalized spacial score (nSPS) is 25.0. The lowest BCUT2D eigenvalue weighted by molar-refractivity contribution is -0.133. The molecule has 1 aliphatic rings. The highest BCUT2D eigenvalue weighted by atomic mass is 16.5. The van der Waals surface area contributed by atoms with Gasteiger partial charge in [-0.1, -0.05) is 27.7 Å². The molecule has 1 fully saturated rings. The molecule has 0 aromatic rings. The predicted octanol–water partition coefficient (Wildman–Crippen LogP) is 1.48. The van der Waals surface area contributed by atoms with Gasteiger partial charge in [0.15, 0.2) is 0 Å². The number of nitrogens with zero attached hydrogens (tertiary/aromatic N) is 1. The molecular formula is C15H30N2O3. The van der Waals surface area contributed by atoms with Gasteiger partial charge in [0.05, 0.1) is 31.5 Å². The summed E-state index contributed by atoms with van der Waals surface area (Å²) >= 11 is 0. The Morgan fingerprint density at radius 3 is 2.35 bits per heavy atom. The van der Waals surface area contributed by atoms with E-state index in [9.17, 15) is 4.79 Å². The van der Waals surface area contributed by atoms with Crippen LogP contribution in [0.15, 0.2) is 0 Å². The van der Waals surface area contributed by atoms with Crippen LogP contribution in [0, 0.1) is 11.8 Å². The van der Waals surface area contributed by atoms with E-state index in [1.807, 2.05) is 4.90 Å². The molecule has 1 amide bonds. The first-order valence-corrected chi connectivity index (χ1v) is 7.48. The summed E-state index contributed by atoms with van der Waals surface area (Å²) in [6, 6.07) is -0.0672. The SMILES string of the molecule is COCC(CN1C(=O)C(CC(C)C)NC1C(C)C)OC. The zero-order chi connectivity index (χ0) is 15.3. The summed E-state index contributed by atoms with van der Waals surface area (Å²) in [7, 11) is 3.31. The maximum absolute atomic E-state index is 12.6. The minimum absolute atomic E-state index is 0.0672. The molecule has 118 valence electrons. The lowest BCUT2D eigenvalue weighted by atomic mass is 10.0. The van der Waals surface area contributed by atoms with Gasteiger partial charge in [-0.3, -0.25) is 10.1 Å². The van der Waals surface area contributed by atoms with Gasteiger partial charge in [-0.2, -0.15) is 0 Å². The summed E-state index contributed by atoms with van der Waals surface area (Å²) in [6.45, 7) is 9.63. The van der Waals surface area contributed by atoms with Crippen LogP contribution in [0.4, 0.5) is 0 Å². The number of carbonyl (C=O) groups is 1. The average Bonchev–Trinajstić information content (AvgIpc) is 2.66. The molecule has 0 spiro atoms. The van der Waals surface area contributed by atoms with E-state index in [0.717, 1.165) is 6.42 Å². The van der Waals surface area contributed by atoms with E-state index in [1.165, 1.54) is 0 Å². The second-order valence-corrected chi connectivity index (χ2v) is 6.34. The second-order valence-electron chi connectivity index (χ2n) is 6.34. The van der Waals surface area contributed by atoms with Gasteiger partial charge in [0, 0.05) is 14.2 Å². The standard InChI is InChI=1S/C15H30N2O3/c1-10(2)7-13-15(18)17(14(16-13)11(3)4)8-12(20-6)9-19-5/h10-14,16H,7-9H2,1-6H3. The first-order chi connectivity index (χ1) is 9.40. The predicted molar refractivity (Wildman–Crippen MR) is 79.4 cm³/mol. The van der Waals surface area contributed by atoms with E-state index < -0.39 is 0 Å². The maximum Gasteiger partial charge on any atom is 0.241 e. The summed E-state index contributed by atoms with van der Waals surface area (Å²) in [5.41, 5.74) is 0. The minimum Gasteiger partial charge on any atom is -0.382 e. The van der Waals surface area contributed by atoms with Crippen LogP contribution in [0.3, 0.4) is 0 Å². The van der Waals surface area contributed by atoms with Crippen LogP contribution >= 0.6 is 0 Å². The Morgan fingerprint density at radius 1 is 1.25 bits per heavy atom. The van der Waals surface area contributed by atoms with Crippen LogP contribution in [0.5, 0.6) is 0 Å². The van der Waals surface area contributed by atoms with E-state index in [2.05, 4.69) is 33.0 Å². The van der Waals surface area contributed by atoms with Crippen LogP contribution in [-0.2, 0) is 14.3 Å². The van der Waals surface area contributed by atoms with E-state index >= 15 is 0 Å². The molecule has 0 radical (unpaired) electrons. The van der Waals surface area contributed by atoms with Crippen LogP contribution in [0.2, 0.25) is 0 Å². The fraction of sp³-hybridized carbons (Fsp3) is 0.933. The van der Waals surface area contributed by atoms with E-state index in [-0.39, 0.29) is 24.2 Å². The lowest BCUT2D eigenvalue weighted by Gasteiger charge is -2.30. The quantitative estimate of drug-likeness (QED) is 0.734. The highest BCUT2D eigenvalue weighted by Gasteiger charge is 2.41. The van der Waals surface area contributed by atoms with Gasteiger partial charge in [-0.05, 0) is 18.3 Å². The molecule has 5 heteroatoms. The Morgan fingerprint density at radius 2 is 1.90 bits per heavy atom. The lowest BCUT2D eigenvalue weighted by Crippen LogP contribution is -2.46. The monoisotopic (exact) mass is 286 g/mol. The Balaban J connectivity index is 2.76. The largest absolute Gasteiger partial charge is 0.382 e. The van der Waals surface area contributed by atoms with Crippen molar-refractivity contribution in [2.75, 3.05) is 27.4 Å². The summed E-state index contributed by atoms with van der Waals surface area (Å²) in [5, 5.41) is 3.47. The van der Waals surface area contributed by atoms with Crippen LogP contribution in [0.25, 0.3) is 0 Å². The average molecular weight is 286 g/mol. The Kier molecular flexibility index (Phi) is 6.92. The molecule has 20 heavy (non-hydrogen) atoms. The molecule has 5 nitrogen and oxygen atoms in total. The molecule has 0 aromatic carbocycles. The van der Waals surface area contributed by atoms with Gasteiger partial charge < -0.3 is 14.4 Å². The van der Waals surface area contributed by atoms with Crippen molar-refractivity contribution in [2.45, 2.75) is 52.4 Å². The summed E-state index contributed by atoms with van der Waals surface area (Å²) in [6.07, 6.45) is 0.881. The smallest absolute Gasteiger partial charge is 0.241 e. The van der Waals surface area contributed by atoms with Crippen LogP contribution < -0.4 is 5.32 Å². The molecule has 3 unspecified atom stereocenters. The van der Waals surface area contributed by atoms with Crippen LogP contribution in [0.1, 0.15) is 34.1 Å². The zero-order valence-corrected chi connectivity index (χ0v) is 13.7. The number of hydrogen-bond acceptors (Lipinski definition) is 4. The first kappa shape index (κ1) is 17.4. The molecule has 0 saturated carbocycles. The topological polar surface area (TPSA) is 50.8 Å². The Hall–Kier alpha value is -0.650. The molecule has 1 aliphatic heterocycles. The number of methoxy groups -OCH3 is 2. The van der Waals surface area contributed by atoms with E-state index in [1.54, 1.807) is 14.2 Å². The molecule has 0 aromatic heterocycles. The fourth-order valence-corrected chi connectivity index (χ4v) is 2.70. The third kappa shape index (κ3) is 4.43. The number of ether oxygens (including phenoxy) is 2. The van der Waals surface area contributed by atoms with E-state index in [4.69, 9.17) is 9.47 Å². The molecule has 3 atom stereocenters. The Bertz CT molecular complexity index is 307. The zero-order valence-electron chi connectivity index (χ0n) is 13.7. The molecule has 1 saturated heterocycles. The number of amides is 1. The Labute approximate surface area is 123 Å². The molecule has 0 aliphatic carbocycles. The minimum atomic E-state index is -0.0789. The van der Waals surface area contributed by atoms with Crippen molar-refractivity contribution >= 4 is 5.91 Å². The van der Waals surface area contributed by atoms with Crippen molar-refractivity contribution in [1.82, 2.24) is 10.2 Å². The van der Waals surface area contributed by atoms with Crippen molar-refractivity contribution in [3.05, 3.63) is 0 Å². The number of carbonyl (C=O) groups excluding carboxylic acids is 1. The fourth-order valence-electron chi connectivity index (χ4n) is 2.70. The van der Waals surface area contributed by atoms with Crippen molar-refractivity contribution in [3.8, 4) is 0 Å². The van der Waals surface area contributed by atoms with Gasteiger partial charge >= 0.3 is 0 Å². The molecule has 1 heterocycles. The van der Waals surface area contributed by atoms with Gasteiger partial charge in [-0.15, -0.1) is 0 Å². The van der Waals surface area contributed by atoms with Crippen molar-refractivity contribution < 1.29 is 14.3 Å². The van der Waals surface area contributed by atoms with Crippen molar-refractivity contribution in [3.63, 3.8) is 0 Å². The maximum atomic E-state index is 12.6. The van der Waals surface area contributed by atoms with Gasteiger partial charge in [0.25, 0.3) is 0 Å². The number of nitrogens with one attached hydrogen (secondary N) is 1. The number of hydrogen-bond donors (Lipinski definition) is 1. The highest BCUT2D eigenvalue weighted by molar-refractivity contribution is 5.84. The molecule has 1 rings (SSSR count). The summed E-state index contributed by atoms with van der Waals surface area (Å²) in [4.78, 5) is 14.5. The van der Waals surface area contributed by atoms with Crippen molar-refractivity contribution in [1.29, 1.82) is 0 Å². The third-order valence-electron chi connectivity index (χ3n) is 3.71. The summed E-state index contributed by atoms with van der Waals surface area (Å²) < 4.78 is 10.5. The number of rotatable bonds is 8. The van der Waals surface area contributed by atoms with Gasteiger partial charge in [0.2, 0.25) is 5.91 Å². The third-order valence-corrected chi connectivity index (χ3v) is 3.71. The van der Waals surface area contributed by atoms with Gasteiger partial charge in [-0.25, -0.2) is 0 Å². The summed E-state index contributed by atoms with van der Waals surface area (Å²) in [5.74, 6) is 1.06. The molecule has 1 N–H and O–H groups in total. The molecular weight excluding hydrogens is 256 g/mol. The first-order valence-electron chi connectivity index (χ1n) is 7.48.